The van der Waals surface area contributed by atoms with Crippen LogP contribution in [0.15, 0.2) is 66.7 Å². The Morgan fingerprint density at radius 3 is 2.50 bits per heavy atom. The van der Waals surface area contributed by atoms with Gasteiger partial charge in [0.15, 0.2) is 6.61 Å². The molecule has 5 nitrogen and oxygen atoms in total. The van der Waals surface area contributed by atoms with Crippen molar-refractivity contribution in [2.45, 2.75) is 0 Å². The molecule has 4 aromatic rings. The van der Waals surface area contributed by atoms with Gasteiger partial charge in [-0.05, 0) is 36.4 Å². The van der Waals surface area contributed by atoms with Gasteiger partial charge in [-0.3, -0.25) is 4.79 Å². The molecule has 0 spiro atoms. The van der Waals surface area contributed by atoms with Crippen molar-refractivity contribution in [2.75, 3.05) is 18.6 Å². The monoisotopic (exact) mass is 408 g/mol. The maximum absolute atomic E-state index is 12.3. The lowest BCUT2D eigenvalue weighted by Gasteiger charge is -2.16. The van der Waals surface area contributed by atoms with Gasteiger partial charge in [0.2, 0.25) is 0 Å². The van der Waals surface area contributed by atoms with Gasteiger partial charge in [-0.1, -0.05) is 30.3 Å². The highest BCUT2D eigenvalue weighted by atomic mass is 32.1. The van der Waals surface area contributed by atoms with E-state index in [0.29, 0.717) is 4.88 Å². The molecule has 0 unspecified atom stereocenters. The fraction of sp³-hybridized carbons (Fsp3) is 0.0952. The molecule has 140 valence electrons. The predicted octanol–water partition coefficient (Wildman–Crippen LogP) is 4.84. The van der Waals surface area contributed by atoms with Gasteiger partial charge in [0.05, 0.1) is 15.1 Å². The molecule has 0 atom stereocenters. The zero-order valence-corrected chi connectivity index (χ0v) is 16.6. The Bertz CT molecular complexity index is 1100. The number of ether oxygens (including phenoxy) is 1. The molecular weight excluding hydrogens is 392 g/mol. The van der Waals surface area contributed by atoms with Crippen LogP contribution in [0.3, 0.4) is 0 Å². The van der Waals surface area contributed by atoms with Gasteiger partial charge in [0.1, 0.15) is 9.88 Å². The second kappa shape index (κ2) is 7.92. The lowest BCUT2D eigenvalue weighted by atomic mass is 10.3. The van der Waals surface area contributed by atoms with Crippen molar-refractivity contribution in [1.29, 1.82) is 0 Å². The SMILES string of the molecule is CN(C(=O)COC(=O)c1ccc(-c2nc3ccccc3s2)s1)c1ccccc1. The Kier molecular flexibility index (Phi) is 5.18. The molecule has 0 N–H and O–H groups in total. The minimum absolute atomic E-state index is 0.289. The van der Waals surface area contributed by atoms with Gasteiger partial charge in [0, 0.05) is 12.7 Å². The summed E-state index contributed by atoms with van der Waals surface area (Å²) in [6.07, 6.45) is 0. The molecule has 0 aliphatic heterocycles. The number of fused-ring (bicyclic) bond motifs is 1. The molecule has 0 saturated carbocycles. The van der Waals surface area contributed by atoms with E-state index in [1.165, 1.54) is 16.2 Å². The summed E-state index contributed by atoms with van der Waals surface area (Å²) in [4.78, 5) is 32.0. The van der Waals surface area contributed by atoms with Crippen LogP contribution in [-0.2, 0) is 9.53 Å². The summed E-state index contributed by atoms with van der Waals surface area (Å²) >= 11 is 2.90. The highest BCUT2D eigenvalue weighted by Gasteiger charge is 2.17. The lowest BCUT2D eigenvalue weighted by molar-refractivity contribution is -0.121. The van der Waals surface area contributed by atoms with Crippen LogP contribution in [0.5, 0.6) is 0 Å². The van der Waals surface area contributed by atoms with Crippen LogP contribution in [-0.4, -0.2) is 30.5 Å². The number of thiophene rings is 1. The number of amides is 1. The minimum Gasteiger partial charge on any atom is -0.451 e. The smallest absolute Gasteiger partial charge is 0.348 e. The number of carbonyl (C=O) groups excluding carboxylic acids is 2. The van der Waals surface area contributed by atoms with Crippen molar-refractivity contribution in [1.82, 2.24) is 4.98 Å². The van der Waals surface area contributed by atoms with Crippen LogP contribution in [0.2, 0.25) is 0 Å². The van der Waals surface area contributed by atoms with Crippen LogP contribution >= 0.6 is 22.7 Å². The topological polar surface area (TPSA) is 59.5 Å². The summed E-state index contributed by atoms with van der Waals surface area (Å²) in [6, 6.07) is 20.7. The number of hydrogen-bond donors (Lipinski definition) is 0. The third kappa shape index (κ3) is 3.81. The molecule has 7 heteroatoms. The van der Waals surface area contributed by atoms with Crippen molar-refractivity contribution in [3.05, 3.63) is 71.6 Å². The van der Waals surface area contributed by atoms with E-state index in [-0.39, 0.29) is 12.5 Å². The normalized spacial score (nSPS) is 10.8. The molecular formula is C21H16N2O3S2. The quantitative estimate of drug-likeness (QED) is 0.443. The van der Waals surface area contributed by atoms with Crippen LogP contribution in [0, 0.1) is 0 Å². The van der Waals surface area contributed by atoms with E-state index in [1.807, 2.05) is 60.7 Å². The minimum atomic E-state index is -0.507. The Labute approximate surface area is 169 Å². The van der Waals surface area contributed by atoms with E-state index >= 15 is 0 Å². The maximum Gasteiger partial charge on any atom is 0.348 e. The Morgan fingerprint density at radius 1 is 0.964 bits per heavy atom. The average molecular weight is 409 g/mol. The van der Waals surface area contributed by atoms with Crippen LogP contribution < -0.4 is 4.90 Å². The van der Waals surface area contributed by atoms with Gasteiger partial charge >= 0.3 is 5.97 Å². The number of likely N-dealkylation sites (N-methyl/N-ethyl adjacent to an activating group) is 1. The molecule has 0 saturated heterocycles. The number of para-hydroxylation sites is 2. The average Bonchev–Trinajstić information content (AvgIpc) is 3.38. The van der Waals surface area contributed by atoms with Crippen molar-refractivity contribution in [2.24, 2.45) is 0 Å². The molecule has 0 aliphatic rings. The molecule has 1 amide bonds. The Balaban J connectivity index is 1.41. The highest BCUT2D eigenvalue weighted by Crippen LogP contribution is 2.34. The number of nitrogens with zero attached hydrogens (tertiary/aromatic N) is 2. The summed E-state index contributed by atoms with van der Waals surface area (Å²) in [5, 5.41) is 0.866. The first-order chi connectivity index (χ1) is 13.6. The molecule has 28 heavy (non-hydrogen) atoms. The van der Waals surface area contributed by atoms with E-state index in [1.54, 1.807) is 24.5 Å². The van der Waals surface area contributed by atoms with Gasteiger partial charge in [-0.15, -0.1) is 22.7 Å². The zero-order valence-electron chi connectivity index (χ0n) is 15.0. The third-order valence-electron chi connectivity index (χ3n) is 4.16. The first kappa shape index (κ1) is 18.3. The number of thiazole rings is 1. The van der Waals surface area contributed by atoms with Gasteiger partial charge in [-0.25, -0.2) is 9.78 Å². The Hall–Kier alpha value is -3.03. The largest absolute Gasteiger partial charge is 0.451 e. The van der Waals surface area contributed by atoms with Gasteiger partial charge in [0.25, 0.3) is 5.91 Å². The van der Waals surface area contributed by atoms with Crippen molar-refractivity contribution in [3.63, 3.8) is 0 Å². The summed E-state index contributed by atoms with van der Waals surface area (Å²) in [6.45, 7) is -0.307. The van der Waals surface area contributed by atoms with Crippen LogP contribution in [0.1, 0.15) is 9.67 Å². The standard InChI is InChI=1S/C21H16N2O3S2/c1-23(14-7-3-2-4-8-14)19(24)13-26-21(25)18-12-11-17(27-18)20-22-15-9-5-6-10-16(15)28-20/h2-12H,13H2,1H3. The second-order valence-corrected chi connectivity index (χ2v) is 8.13. The second-order valence-electron chi connectivity index (χ2n) is 6.02. The fourth-order valence-electron chi connectivity index (χ4n) is 2.63. The predicted molar refractivity (Wildman–Crippen MR) is 113 cm³/mol. The number of hydrogen-bond acceptors (Lipinski definition) is 6. The van der Waals surface area contributed by atoms with E-state index in [2.05, 4.69) is 4.98 Å². The molecule has 2 heterocycles. The highest BCUT2D eigenvalue weighted by molar-refractivity contribution is 7.26. The Morgan fingerprint density at radius 2 is 1.71 bits per heavy atom. The van der Waals surface area contributed by atoms with Crippen LogP contribution in [0.25, 0.3) is 20.1 Å². The summed E-state index contributed by atoms with van der Waals surface area (Å²) in [5.41, 5.74) is 1.69. The van der Waals surface area contributed by atoms with E-state index in [9.17, 15) is 9.59 Å². The number of anilines is 1. The summed E-state index contributed by atoms with van der Waals surface area (Å²) in [5.74, 6) is -0.797. The molecule has 0 bridgehead atoms. The van der Waals surface area contributed by atoms with Gasteiger partial charge < -0.3 is 9.64 Å². The first-order valence-electron chi connectivity index (χ1n) is 8.56. The van der Waals surface area contributed by atoms with Crippen molar-refractivity contribution in [3.8, 4) is 9.88 Å². The lowest BCUT2D eigenvalue weighted by Crippen LogP contribution is -2.30. The zero-order chi connectivity index (χ0) is 19.5. The summed E-state index contributed by atoms with van der Waals surface area (Å²) < 4.78 is 6.31. The number of benzene rings is 2. The number of esters is 1. The summed E-state index contributed by atoms with van der Waals surface area (Å²) in [7, 11) is 1.65. The van der Waals surface area contributed by atoms with Crippen molar-refractivity contribution < 1.29 is 14.3 Å². The van der Waals surface area contributed by atoms with E-state index in [0.717, 1.165) is 25.8 Å². The first-order valence-corrected chi connectivity index (χ1v) is 10.2. The molecule has 4 rings (SSSR count). The fourth-order valence-corrected chi connectivity index (χ4v) is 4.55. The van der Waals surface area contributed by atoms with E-state index in [4.69, 9.17) is 4.74 Å². The van der Waals surface area contributed by atoms with Crippen LogP contribution in [0.4, 0.5) is 5.69 Å². The van der Waals surface area contributed by atoms with Crippen molar-refractivity contribution >= 4 is 50.5 Å². The number of carbonyl (C=O) groups is 2. The molecule has 0 fully saturated rings. The molecule has 0 aliphatic carbocycles. The number of rotatable bonds is 5. The maximum atomic E-state index is 12.3. The van der Waals surface area contributed by atoms with Gasteiger partial charge in [-0.2, -0.15) is 0 Å². The number of aromatic nitrogens is 1. The molecule has 0 radical (unpaired) electrons. The third-order valence-corrected chi connectivity index (χ3v) is 6.43. The van der Waals surface area contributed by atoms with E-state index < -0.39 is 5.97 Å². The molecule has 2 aromatic carbocycles. The molecule has 2 aromatic heterocycles.